The van der Waals surface area contributed by atoms with Crippen molar-refractivity contribution in [1.82, 2.24) is 19.8 Å². The van der Waals surface area contributed by atoms with E-state index in [0.29, 0.717) is 6.54 Å². The van der Waals surface area contributed by atoms with Crippen LogP contribution in [0.3, 0.4) is 0 Å². The molecule has 31 heavy (non-hydrogen) atoms. The van der Waals surface area contributed by atoms with Crippen LogP contribution in [0.5, 0.6) is 0 Å². The van der Waals surface area contributed by atoms with Crippen molar-refractivity contribution >= 4 is 11.7 Å². The Bertz CT molecular complexity index is 878. The molecule has 7 heteroatoms. The Hall–Kier alpha value is -2.38. The number of aromatic nitrogens is 2. The molecule has 0 aliphatic carbocycles. The number of rotatable bonds is 6. The van der Waals surface area contributed by atoms with Gasteiger partial charge in [0.1, 0.15) is 5.82 Å². The summed E-state index contributed by atoms with van der Waals surface area (Å²) in [5.41, 5.74) is 3.71. The lowest BCUT2D eigenvalue weighted by Crippen LogP contribution is -2.41. The van der Waals surface area contributed by atoms with Gasteiger partial charge >= 0.3 is 0 Å². The monoisotopic (exact) mass is 425 g/mol. The largest absolute Gasteiger partial charge is 0.379 e. The normalized spacial score (nSPS) is 18.4. The quantitative estimate of drug-likeness (QED) is 0.771. The summed E-state index contributed by atoms with van der Waals surface area (Å²) in [7, 11) is 0. The molecule has 0 unspecified atom stereocenters. The lowest BCUT2D eigenvalue weighted by Gasteiger charge is -2.31. The zero-order valence-electron chi connectivity index (χ0n) is 19.1. The van der Waals surface area contributed by atoms with Crippen molar-refractivity contribution in [2.75, 3.05) is 57.4 Å². The summed E-state index contributed by atoms with van der Waals surface area (Å²) in [5.74, 6) is 1.83. The van der Waals surface area contributed by atoms with E-state index < -0.39 is 0 Å². The number of carbonyl (C=O) groups is 1. The summed E-state index contributed by atoms with van der Waals surface area (Å²) in [5, 5.41) is 3.08. The van der Waals surface area contributed by atoms with Crippen LogP contribution in [-0.2, 0) is 4.74 Å². The van der Waals surface area contributed by atoms with E-state index in [1.54, 1.807) is 0 Å². The fraction of sp³-hybridized carbons (Fsp3) is 0.583. The van der Waals surface area contributed by atoms with Crippen molar-refractivity contribution in [3.8, 4) is 5.69 Å². The summed E-state index contributed by atoms with van der Waals surface area (Å²) in [6.45, 7) is 13.4. The zero-order chi connectivity index (χ0) is 21.8. The van der Waals surface area contributed by atoms with Gasteiger partial charge in [0.05, 0.1) is 30.7 Å². The Labute approximate surface area is 185 Å². The van der Waals surface area contributed by atoms with Gasteiger partial charge in [-0.1, -0.05) is 6.92 Å². The molecule has 0 spiro atoms. The first kappa shape index (κ1) is 21.8. The smallest absolute Gasteiger partial charge is 0.253 e. The van der Waals surface area contributed by atoms with Gasteiger partial charge in [0, 0.05) is 50.7 Å². The number of piperidine rings is 1. The average molecular weight is 426 g/mol. The molecule has 2 fully saturated rings. The number of anilines is 1. The van der Waals surface area contributed by atoms with E-state index in [9.17, 15) is 4.79 Å². The number of amides is 1. The highest BCUT2D eigenvalue weighted by atomic mass is 16.5. The highest BCUT2D eigenvalue weighted by Crippen LogP contribution is 2.24. The molecule has 7 nitrogen and oxygen atoms in total. The molecule has 168 valence electrons. The predicted octanol–water partition coefficient (Wildman–Crippen LogP) is 2.79. The number of carbonyl (C=O) groups excluding carboxylic acids is 1. The fourth-order valence-corrected chi connectivity index (χ4v) is 4.57. The number of pyridine rings is 1. The summed E-state index contributed by atoms with van der Waals surface area (Å²) in [6.07, 6.45) is 4.37. The summed E-state index contributed by atoms with van der Waals surface area (Å²) < 4.78 is 7.49. The second kappa shape index (κ2) is 9.83. The molecule has 1 N–H and O–H groups in total. The van der Waals surface area contributed by atoms with Crippen LogP contribution in [0.25, 0.3) is 5.69 Å². The van der Waals surface area contributed by atoms with Crippen LogP contribution in [0.4, 0.5) is 5.82 Å². The van der Waals surface area contributed by atoms with Gasteiger partial charge in [-0.3, -0.25) is 9.69 Å². The van der Waals surface area contributed by atoms with Crippen LogP contribution in [0.15, 0.2) is 24.4 Å². The predicted molar refractivity (Wildman–Crippen MR) is 123 cm³/mol. The van der Waals surface area contributed by atoms with Crippen LogP contribution in [0, 0.1) is 19.8 Å². The van der Waals surface area contributed by atoms with Gasteiger partial charge in [0.15, 0.2) is 0 Å². The van der Waals surface area contributed by atoms with Crippen LogP contribution in [-0.4, -0.2) is 72.8 Å². The van der Waals surface area contributed by atoms with E-state index in [0.717, 1.165) is 80.3 Å². The van der Waals surface area contributed by atoms with E-state index >= 15 is 0 Å². The molecular formula is C24H35N5O2. The SMILES string of the molecule is Cc1cc(C(=O)NCCN2CCOCC2)c(C)n1-c1ccc(N2CCC(C)CC2)nc1. The summed E-state index contributed by atoms with van der Waals surface area (Å²) in [4.78, 5) is 22.2. The topological polar surface area (TPSA) is 62.6 Å². The Morgan fingerprint density at radius 3 is 2.58 bits per heavy atom. The van der Waals surface area contributed by atoms with Gasteiger partial charge in [0.2, 0.25) is 0 Å². The van der Waals surface area contributed by atoms with E-state index in [1.807, 2.05) is 26.1 Å². The standard InChI is InChI=1S/C24H35N5O2/c1-18-6-9-28(10-7-18)23-5-4-21(17-26-23)29-19(2)16-22(20(29)3)24(30)25-8-11-27-12-14-31-15-13-27/h4-5,16-18H,6-15H2,1-3H3,(H,25,30). The van der Waals surface area contributed by atoms with E-state index in [1.165, 1.54) is 12.8 Å². The zero-order valence-corrected chi connectivity index (χ0v) is 19.1. The third-order valence-corrected chi connectivity index (χ3v) is 6.59. The van der Waals surface area contributed by atoms with Crippen molar-refractivity contribution in [2.24, 2.45) is 5.92 Å². The molecule has 4 rings (SSSR count). The highest BCUT2D eigenvalue weighted by Gasteiger charge is 2.19. The highest BCUT2D eigenvalue weighted by molar-refractivity contribution is 5.95. The maximum absolute atomic E-state index is 12.8. The number of morpholine rings is 1. The molecule has 0 saturated carbocycles. The minimum atomic E-state index is -0.0142. The lowest BCUT2D eigenvalue weighted by atomic mass is 9.99. The number of nitrogens with one attached hydrogen (secondary N) is 1. The van der Waals surface area contributed by atoms with Gasteiger partial charge in [-0.15, -0.1) is 0 Å². The first-order valence-electron chi connectivity index (χ1n) is 11.5. The third kappa shape index (κ3) is 5.10. The molecule has 0 aromatic carbocycles. The maximum Gasteiger partial charge on any atom is 0.253 e. The van der Waals surface area contributed by atoms with Gasteiger partial charge in [-0.25, -0.2) is 4.98 Å². The molecule has 1 amide bonds. The van der Waals surface area contributed by atoms with Gasteiger partial charge in [-0.2, -0.15) is 0 Å². The number of hydrogen-bond acceptors (Lipinski definition) is 5. The molecular weight excluding hydrogens is 390 g/mol. The number of nitrogens with zero attached hydrogens (tertiary/aromatic N) is 4. The first-order valence-corrected chi connectivity index (χ1v) is 11.5. The van der Waals surface area contributed by atoms with Crippen molar-refractivity contribution in [3.05, 3.63) is 41.3 Å². The number of ether oxygens (including phenoxy) is 1. The molecule has 0 atom stereocenters. The van der Waals surface area contributed by atoms with Gasteiger partial charge in [-0.05, 0) is 50.8 Å². The summed E-state index contributed by atoms with van der Waals surface area (Å²) >= 11 is 0. The molecule has 4 heterocycles. The minimum absolute atomic E-state index is 0.0142. The van der Waals surface area contributed by atoms with E-state index in [-0.39, 0.29) is 5.91 Å². The first-order chi connectivity index (χ1) is 15.0. The third-order valence-electron chi connectivity index (χ3n) is 6.59. The Balaban J connectivity index is 1.40. The lowest BCUT2D eigenvalue weighted by molar-refractivity contribution is 0.0383. The molecule has 2 aliphatic rings. The van der Waals surface area contributed by atoms with E-state index in [2.05, 4.69) is 38.7 Å². The Morgan fingerprint density at radius 1 is 1.16 bits per heavy atom. The molecule has 0 bridgehead atoms. The van der Waals surface area contributed by atoms with E-state index in [4.69, 9.17) is 9.72 Å². The second-order valence-electron chi connectivity index (χ2n) is 8.87. The summed E-state index contributed by atoms with van der Waals surface area (Å²) in [6, 6.07) is 6.19. The van der Waals surface area contributed by atoms with Crippen LogP contribution >= 0.6 is 0 Å². The van der Waals surface area contributed by atoms with Crippen molar-refractivity contribution in [1.29, 1.82) is 0 Å². The molecule has 2 aromatic rings. The number of hydrogen-bond donors (Lipinski definition) is 1. The fourth-order valence-electron chi connectivity index (χ4n) is 4.57. The Kier molecular flexibility index (Phi) is 6.92. The maximum atomic E-state index is 12.8. The van der Waals surface area contributed by atoms with Crippen molar-refractivity contribution < 1.29 is 9.53 Å². The van der Waals surface area contributed by atoms with Crippen molar-refractivity contribution in [3.63, 3.8) is 0 Å². The van der Waals surface area contributed by atoms with Crippen LogP contribution in [0.1, 0.15) is 41.5 Å². The second-order valence-corrected chi connectivity index (χ2v) is 8.87. The molecule has 2 aromatic heterocycles. The van der Waals surface area contributed by atoms with Gasteiger partial charge < -0.3 is 19.5 Å². The van der Waals surface area contributed by atoms with Crippen LogP contribution < -0.4 is 10.2 Å². The van der Waals surface area contributed by atoms with Crippen LogP contribution in [0.2, 0.25) is 0 Å². The minimum Gasteiger partial charge on any atom is -0.379 e. The molecule has 0 radical (unpaired) electrons. The van der Waals surface area contributed by atoms with Crippen molar-refractivity contribution in [2.45, 2.75) is 33.6 Å². The Morgan fingerprint density at radius 2 is 1.90 bits per heavy atom. The molecule has 2 saturated heterocycles. The number of aryl methyl sites for hydroxylation is 1. The average Bonchev–Trinajstić information content (AvgIpc) is 3.09. The van der Waals surface area contributed by atoms with Gasteiger partial charge in [0.25, 0.3) is 5.91 Å². The molecule has 2 aliphatic heterocycles.